The van der Waals surface area contributed by atoms with Gasteiger partial charge in [-0.3, -0.25) is 0 Å². The second-order valence-electron chi connectivity index (χ2n) is 6.92. The average molecular weight is 444 g/mol. The molecule has 10 heteroatoms. The third kappa shape index (κ3) is 5.39. The van der Waals surface area contributed by atoms with Gasteiger partial charge >= 0.3 is 12.4 Å². The van der Waals surface area contributed by atoms with E-state index in [1.807, 2.05) is 18.2 Å². The zero-order valence-corrected chi connectivity index (χ0v) is 16.7. The minimum atomic E-state index is -4.78. The van der Waals surface area contributed by atoms with Crippen LogP contribution < -0.4 is 25.4 Å². The molecule has 0 aliphatic carbocycles. The van der Waals surface area contributed by atoms with Crippen LogP contribution in [-0.4, -0.2) is 23.9 Å². The highest BCUT2D eigenvalue weighted by atomic mass is 19.4. The number of carbonyl (C=O) groups excluding carboxylic acids is 1. The molecule has 32 heavy (non-hydrogen) atoms. The summed E-state index contributed by atoms with van der Waals surface area (Å²) in [5.74, 6) is 0.486. The maximum atomic E-state index is 12.4. The summed E-state index contributed by atoms with van der Waals surface area (Å²) in [5.41, 5.74) is 2.67. The van der Waals surface area contributed by atoms with E-state index < -0.39 is 12.4 Å². The standard InChI is InChI=1S/C22H19F3N4O3/c23-22(24,25)32-15-10-8-14(9-11-15)28-21(30)29-18-6-3-13-27-20(18)31-19-7-1-5-17-16(19)4-2-12-26-17/h1,3,5-11,13,26H,2,4,12H2,(H2,28,29,30). The van der Waals surface area contributed by atoms with Crippen LogP contribution in [0.2, 0.25) is 0 Å². The fraction of sp³-hybridized carbons (Fsp3) is 0.182. The smallest absolute Gasteiger partial charge is 0.437 e. The lowest BCUT2D eigenvalue weighted by atomic mass is 10.0. The number of aromatic nitrogens is 1. The largest absolute Gasteiger partial charge is 0.573 e. The van der Waals surface area contributed by atoms with Crippen molar-refractivity contribution in [2.24, 2.45) is 0 Å². The van der Waals surface area contributed by atoms with Crippen LogP contribution >= 0.6 is 0 Å². The van der Waals surface area contributed by atoms with Crippen molar-refractivity contribution in [2.75, 3.05) is 22.5 Å². The van der Waals surface area contributed by atoms with E-state index in [2.05, 4.69) is 25.7 Å². The van der Waals surface area contributed by atoms with Crippen molar-refractivity contribution in [3.63, 3.8) is 0 Å². The normalized spacial score (nSPS) is 12.8. The lowest BCUT2D eigenvalue weighted by molar-refractivity contribution is -0.274. The van der Waals surface area contributed by atoms with E-state index in [4.69, 9.17) is 4.74 Å². The number of halogens is 3. The topological polar surface area (TPSA) is 84.5 Å². The van der Waals surface area contributed by atoms with Gasteiger partial charge < -0.3 is 25.4 Å². The zero-order valence-electron chi connectivity index (χ0n) is 16.7. The van der Waals surface area contributed by atoms with E-state index >= 15 is 0 Å². The van der Waals surface area contributed by atoms with Gasteiger partial charge in [0.15, 0.2) is 0 Å². The molecule has 1 aliphatic heterocycles. The number of benzene rings is 2. The number of pyridine rings is 1. The van der Waals surface area contributed by atoms with Crippen LogP contribution in [0.3, 0.4) is 0 Å². The molecule has 2 heterocycles. The molecule has 3 aromatic rings. The Morgan fingerprint density at radius 2 is 1.84 bits per heavy atom. The van der Waals surface area contributed by atoms with Gasteiger partial charge in [-0.2, -0.15) is 0 Å². The molecule has 0 unspecified atom stereocenters. The van der Waals surface area contributed by atoms with Crippen molar-refractivity contribution in [1.82, 2.24) is 4.98 Å². The number of nitrogens with one attached hydrogen (secondary N) is 3. The molecular weight excluding hydrogens is 425 g/mol. The first-order valence-electron chi connectivity index (χ1n) is 9.80. The van der Waals surface area contributed by atoms with Crippen molar-refractivity contribution < 1.29 is 27.4 Å². The maximum Gasteiger partial charge on any atom is 0.573 e. The molecule has 0 fully saturated rings. The number of carbonyl (C=O) groups is 1. The highest BCUT2D eigenvalue weighted by Crippen LogP contribution is 2.35. The Bertz CT molecular complexity index is 1100. The third-order valence-corrected chi connectivity index (χ3v) is 4.62. The minimum absolute atomic E-state index is 0.218. The summed E-state index contributed by atoms with van der Waals surface area (Å²) in [7, 11) is 0. The monoisotopic (exact) mass is 444 g/mol. The number of urea groups is 1. The van der Waals surface area contributed by atoms with E-state index in [1.54, 1.807) is 18.3 Å². The number of ether oxygens (including phenoxy) is 2. The van der Waals surface area contributed by atoms with E-state index in [1.165, 1.54) is 12.1 Å². The van der Waals surface area contributed by atoms with Gasteiger partial charge in [-0.1, -0.05) is 6.07 Å². The molecule has 7 nitrogen and oxygen atoms in total. The Kier molecular flexibility index (Phi) is 6.02. The predicted octanol–water partition coefficient (Wildman–Crippen LogP) is 5.77. The average Bonchev–Trinajstić information content (AvgIpc) is 2.76. The molecular formula is C22H19F3N4O3. The summed E-state index contributed by atoms with van der Waals surface area (Å²) in [5, 5.41) is 8.52. The van der Waals surface area contributed by atoms with Gasteiger partial charge in [-0.05, 0) is 61.4 Å². The Hall–Kier alpha value is -3.95. The van der Waals surface area contributed by atoms with Crippen LogP contribution in [0, 0.1) is 0 Å². The lowest BCUT2D eigenvalue weighted by Gasteiger charge is -2.21. The maximum absolute atomic E-state index is 12.4. The Morgan fingerprint density at radius 1 is 1.03 bits per heavy atom. The van der Waals surface area contributed by atoms with Crippen molar-refractivity contribution in [2.45, 2.75) is 19.2 Å². The molecule has 0 spiro atoms. The van der Waals surface area contributed by atoms with Crippen LogP contribution in [0.5, 0.6) is 17.4 Å². The van der Waals surface area contributed by atoms with Crippen LogP contribution in [0.4, 0.5) is 35.0 Å². The Balaban J connectivity index is 1.44. The summed E-state index contributed by atoms with van der Waals surface area (Å²) in [4.78, 5) is 16.6. The molecule has 0 saturated carbocycles. The van der Waals surface area contributed by atoms with Crippen molar-refractivity contribution in [3.05, 3.63) is 66.4 Å². The number of fused-ring (bicyclic) bond motifs is 1. The van der Waals surface area contributed by atoms with Gasteiger partial charge in [0, 0.05) is 29.7 Å². The Morgan fingerprint density at radius 3 is 2.62 bits per heavy atom. The number of hydrogen-bond donors (Lipinski definition) is 3. The summed E-state index contributed by atoms with van der Waals surface area (Å²) in [6.07, 6.45) is -1.39. The fourth-order valence-electron chi connectivity index (χ4n) is 3.27. The highest BCUT2D eigenvalue weighted by Gasteiger charge is 2.31. The highest BCUT2D eigenvalue weighted by molar-refractivity contribution is 6.00. The number of hydrogen-bond acceptors (Lipinski definition) is 5. The van der Waals surface area contributed by atoms with Gasteiger partial charge in [0.1, 0.15) is 17.2 Å². The molecule has 4 rings (SSSR count). The number of alkyl halides is 3. The lowest BCUT2D eigenvalue weighted by Crippen LogP contribution is -2.20. The minimum Gasteiger partial charge on any atom is -0.437 e. The molecule has 1 aliphatic rings. The molecule has 0 atom stereocenters. The molecule has 2 aromatic carbocycles. The van der Waals surface area contributed by atoms with Crippen molar-refractivity contribution >= 4 is 23.1 Å². The summed E-state index contributed by atoms with van der Waals surface area (Å²) in [6.45, 7) is 0.899. The van der Waals surface area contributed by atoms with Gasteiger partial charge in [0.05, 0.1) is 0 Å². The predicted molar refractivity (Wildman–Crippen MR) is 113 cm³/mol. The van der Waals surface area contributed by atoms with E-state index in [0.29, 0.717) is 11.4 Å². The van der Waals surface area contributed by atoms with Crippen LogP contribution in [0.1, 0.15) is 12.0 Å². The van der Waals surface area contributed by atoms with Crippen molar-refractivity contribution in [1.29, 1.82) is 0 Å². The fourth-order valence-corrected chi connectivity index (χ4v) is 3.27. The van der Waals surface area contributed by atoms with Crippen LogP contribution in [0.25, 0.3) is 0 Å². The number of nitrogens with zero attached hydrogens (tertiary/aromatic N) is 1. The molecule has 1 aromatic heterocycles. The van der Waals surface area contributed by atoms with Crippen LogP contribution in [0.15, 0.2) is 60.8 Å². The van der Waals surface area contributed by atoms with E-state index in [9.17, 15) is 18.0 Å². The van der Waals surface area contributed by atoms with Crippen molar-refractivity contribution in [3.8, 4) is 17.4 Å². The first-order valence-corrected chi connectivity index (χ1v) is 9.80. The number of anilines is 3. The second kappa shape index (κ2) is 9.04. The van der Waals surface area contributed by atoms with Crippen LogP contribution in [-0.2, 0) is 6.42 Å². The number of rotatable bonds is 5. The van der Waals surface area contributed by atoms with Gasteiger partial charge in [0.25, 0.3) is 0 Å². The summed E-state index contributed by atoms with van der Waals surface area (Å²) in [6, 6.07) is 13.2. The van der Waals surface area contributed by atoms with Gasteiger partial charge in [0.2, 0.25) is 5.88 Å². The Labute approximate surface area is 181 Å². The molecule has 2 amide bonds. The first-order chi connectivity index (χ1) is 15.4. The van der Waals surface area contributed by atoms with E-state index in [-0.39, 0.29) is 17.3 Å². The second-order valence-corrected chi connectivity index (χ2v) is 6.92. The quantitative estimate of drug-likeness (QED) is 0.465. The third-order valence-electron chi connectivity index (χ3n) is 4.62. The molecule has 0 radical (unpaired) electrons. The molecule has 0 bridgehead atoms. The zero-order chi connectivity index (χ0) is 22.6. The molecule has 3 N–H and O–H groups in total. The summed E-state index contributed by atoms with van der Waals surface area (Å²) >= 11 is 0. The van der Waals surface area contributed by atoms with Gasteiger partial charge in [-0.25, -0.2) is 9.78 Å². The molecule has 0 saturated heterocycles. The number of amides is 2. The molecule has 166 valence electrons. The SMILES string of the molecule is O=C(Nc1ccc(OC(F)(F)F)cc1)Nc1cccnc1Oc1cccc2c1CCCN2. The summed E-state index contributed by atoms with van der Waals surface area (Å²) < 4.78 is 46.6. The first kappa shape index (κ1) is 21.3. The van der Waals surface area contributed by atoms with E-state index in [0.717, 1.165) is 42.8 Å². The van der Waals surface area contributed by atoms with Gasteiger partial charge in [-0.15, -0.1) is 13.2 Å².